The minimum absolute atomic E-state index is 0.106. The number of hydrogen-bond acceptors (Lipinski definition) is 7. The van der Waals surface area contributed by atoms with Crippen LogP contribution in [0.1, 0.15) is 41.3 Å². The third-order valence-electron chi connectivity index (χ3n) is 4.01. The standard InChI is InChI=1S/C14H19N5O4S/c1-10-16-14(17-23-10)9-24(21,22)19-5-3-4-12(19)6-13(20)11-7-15-18(2)8-11/h7-8,12H,3-6,9H2,1-2H3. The van der Waals surface area contributed by atoms with Crippen LogP contribution in [0.4, 0.5) is 0 Å². The third kappa shape index (κ3) is 3.54. The monoisotopic (exact) mass is 353 g/mol. The molecular formula is C14H19N5O4S. The highest BCUT2D eigenvalue weighted by atomic mass is 32.2. The first-order valence-electron chi connectivity index (χ1n) is 7.66. The smallest absolute Gasteiger partial charge is 0.223 e. The van der Waals surface area contributed by atoms with Gasteiger partial charge in [-0.2, -0.15) is 14.4 Å². The largest absolute Gasteiger partial charge is 0.340 e. The summed E-state index contributed by atoms with van der Waals surface area (Å²) in [5.74, 6) is 0.0364. The molecule has 0 N–H and O–H groups in total. The summed E-state index contributed by atoms with van der Waals surface area (Å²) >= 11 is 0. The van der Waals surface area contributed by atoms with E-state index < -0.39 is 10.0 Å². The summed E-state index contributed by atoms with van der Waals surface area (Å²) in [6.45, 7) is 2.01. The van der Waals surface area contributed by atoms with Crippen LogP contribution < -0.4 is 0 Å². The van der Waals surface area contributed by atoms with E-state index in [0.29, 0.717) is 24.4 Å². The van der Waals surface area contributed by atoms with Gasteiger partial charge in [0.05, 0.1) is 11.8 Å². The Morgan fingerprint density at radius 2 is 2.25 bits per heavy atom. The van der Waals surface area contributed by atoms with Gasteiger partial charge in [0.15, 0.2) is 11.6 Å². The summed E-state index contributed by atoms with van der Waals surface area (Å²) in [7, 11) is -1.86. The van der Waals surface area contributed by atoms with Crippen LogP contribution in [-0.2, 0) is 22.8 Å². The van der Waals surface area contributed by atoms with Crippen LogP contribution in [0.25, 0.3) is 0 Å². The molecule has 0 bridgehead atoms. The summed E-state index contributed by atoms with van der Waals surface area (Å²) in [5, 5.41) is 7.61. The van der Waals surface area contributed by atoms with Crippen LogP contribution in [0.2, 0.25) is 0 Å². The van der Waals surface area contributed by atoms with E-state index >= 15 is 0 Å². The maximum absolute atomic E-state index is 12.6. The van der Waals surface area contributed by atoms with E-state index in [-0.39, 0.29) is 29.8 Å². The maximum atomic E-state index is 12.6. The number of aryl methyl sites for hydroxylation is 2. The number of rotatable bonds is 6. The number of ketones is 1. The average molecular weight is 353 g/mol. The Hall–Kier alpha value is -2.07. The first kappa shape index (κ1) is 16.8. The summed E-state index contributed by atoms with van der Waals surface area (Å²) in [4.78, 5) is 16.3. The van der Waals surface area contributed by atoms with Gasteiger partial charge in [-0.25, -0.2) is 8.42 Å². The van der Waals surface area contributed by atoms with Crippen molar-refractivity contribution >= 4 is 15.8 Å². The molecule has 1 fully saturated rings. The Kier molecular flexibility index (Phi) is 4.50. The van der Waals surface area contributed by atoms with Gasteiger partial charge in [-0.3, -0.25) is 9.48 Å². The molecule has 0 saturated carbocycles. The van der Waals surface area contributed by atoms with E-state index in [1.54, 1.807) is 24.9 Å². The lowest BCUT2D eigenvalue weighted by atomic mass is 10.1. The Labute approximate surface area is 139 Å². The molecule has 130 valence electrons. The molecule has 0 aliphatic carbocycles. The van der Waals surface area contributed by atoms with Crippen LogP contribution in [0.3, 0.4) is 0 Å². The molecule has 1 atom stereocenters. The van der Waals surface area contributed by atoms with Crippen molar-refractivity contribution < 1.29 is 17.7 Å². The predicted molar refractivity (Wildman–Crippen MR) is 83.5 cm³/mol. The van der Waals surface area contributed by atoms with Crippen molar-refractivity contribution in [3.05, 3.63) is 29.7 Å². The second kappa shape index (κ2) is 6.44. The van der Waals surface area contributed by atoms with E-state index in [9.17, 15) is 13.2 Å². The SMILES string of the molecule is Cc1nc(CS(=O)(=O)N2CCCC2CC(=O)c2cnn(C)c2)no1. The number of Topliss-reactive ketones (excluding diaryl/α,β-unsaturated/α-hetero) is 1. The average Bonchev–Trinajstić information content (AvgIpc) is 3.20. The highest BCUT2D eigenvalue weighted by Gasteiger charge is 2.36. The molecule has 24 heavy (non-hydrogen) atoms. The first-order valence-corrected chi connectivity index (χ1v) is 9.26. The normalized spacial score (nSPS) is 19.0. The molecule has 9 nitrogen and oxygen atoms in total. The second-order valence-electron chi connectivity index (χ2n) is 5.92. The topological polar surface area (TPSA) is 111 Å². The fourth-order valence-corrected chi connectivity index (χ4v) is 4.57. The molecule has 0 radical (unpaired) electrons. The zero-order valence-electron chi connectivity index (χ0n) is 13.5. The minimum atomic E-state index is -3.60. The zero-order valence-corrected chi connectivity index (χ0v) is 14.4. The van der Waals surface area contributed by atoms with Crippen molar-refractivity contribution in [1.29, 1.82) is 0 Å². The molecule has 1 aliphatic rings. The minimum Gasteiger partial charge on any atom is -0.340 e. The number of nitrogens with zero attached hydrogens (tertiary/aromatic N) is 5. The number of hydrogen-bond donors (Lipinski definition) is 0. The molecule has 3 heterocycles. The van der Waals surface area contributed by atoms with E-state index in [2.05, 4.69) is 15.2 Å². The third-order valence-corrected chi connectivity index (χ3v) is 5.83. The van der Waals surface area contributed by atoms with E-state index in [1.165, 1.54) is 10.5 Å². The van der Waals surface area contributed by atoms with Crippen LogP contribution in [-0.4, -0.2) is 51.0 Å². The van der Waals surface area contributed by atoms with Gasteiger partial charge in [0.25, 0.3) is 0 Å². The predicted octanol–water partition coefficient (Wildman–Crippen LogP) is 0.679. The number of carbonyl (C=O) groups is 1. The van der Waals surface area contributed by atoms with E-state index in [0.717, 1.165) is 6.42 Å². The van der Waals surface area contributed by atoms with Crippen molar-refractivity contribution in [1.82, 2.24) is 24.2 Å². The van der Waals surface area contributed by atoms with Crippen LogP contribution >= 0.6 is 0 Å². The van der Waals surface area contributed by atoms with Gasteiger partial charge >= 0.3 is 0 Å². The number of sulfonamides is 1. The maximum Gasteiger partial charge on any atom is 0.223 e. The molecule has 1 aliphatic heterocycles. The summed E-state index contributed by atoms with van der Waals surface area (Å²) in [5.41, 5.74) is 0.496. The molecule has 2 aromatic rings. The van der Waals surface area contributed by atoms with Crippen molar-refractivity contribution in [2.24, 2.45) is 7.05 Å². The Morgan fingerprint density at radius 1 is 1.46 bits per heavy atom. The zero-order chi connectivity index (χ0) is 17.3. The van der Waals surface area contributed by atoms with Gasteiger partial charge in [0, 0.05) is 39.2 Å². The van der Waals surface area contributed by atoms with Crippen molar-refractivity contribution in [3.63, 3.8) is 0 Å². The van der Waals surface area contributed by atoms with Gasteiger partial charge in [-0.05, 0) is 12.8 Å². The van der Waals surface area contributed by atoms with Gasteiger partial charge in [0.1, 0.15) is 5.75 Å². The molecule has 2 aromatic heterocycles. The lowest BCUT2D eigenvalue weighted by Crippen LogP contribution is -2.37. The Bertz CT molecular complexity index is 841. The molecule has 0 spiro atoms. The molecule has 3 rings (SSSR count). The van der Waals surface area contributed by atoms with E-state index in [1.807, 2.05) is 0 Å². The summed E-state index contributed by atoms with van der Waals surface area (Å²) < 4.78 is 33.0. The first-order chi connectivity index (χ1) is 11.3. The quantitative estimate of drug-likeness (QED) is 0.702. The fraction of sp³-hybridized carbons (Fsp3) is 0.571. The van der Waals surface area contributed by atoms with Crippen LogP contribution in [0, 0.1) is 6.92 Å². The molecule has 0 aromatic carbocycles. The van der Waals surface area contributed by atoms with Crippen LogP contribution in [0.5, 0.6) is 0 Å². The van der Waals surface area contributed by atoms with E-state index in [4.69, 9.17) is 4.52 Å². The van der Waals surface area contributed by atoms with Gasteiger partial charge < -0.3 is 4.52 Å². The van der Waals surface area contributed by atoms with Crippen molar-refractivity contribution in [2.75, 3.05) is 6.54 Å². The molecule has 1 unspecified atom stereocenters. The highest BCUT2D eigenvalue weighted by Crippen LogP contribution is 2.26. The number of carbonyl (C=O) groups excluding carboxylic acids is 1. The fourth-order valence-electron chi connectivity index (χ4n) is 2.92. The molecule has 0 amide bonds. The summed E-state index contributed by atoms with van der Waals surface area (Å²) in [6.07, 6.45) is 4.68. The lowest BCUT2D eigenvalue weighted by molar-refractivity contribution is 0.0961. The van der Waals surface area contributed by atoms with Gasteiger partial charge in [-0.15, -0.1) is 0 Å². The van der Waals surface area contributed by atoms with Gasteiger partial charge in [0.2, 0.25) is 15.9 Å². The van der Waals surface area contributed by atoms with Crippen molar-refractivity contribution in [3.8, 4) is 0 Å². The van der Waals surface area contributed by atoms with Crippen LogP contribution in [0.15, 0.2) is 16.9 Å². The second-order valence-corrected chi connectivity index (χ2v) is 7.84. The van der Waals surface area contributed by atoms with Gasteiger partial charge in [-0.1, -0.05) is 5.16 Å². The molecule has 1 saturated heterocycles. The molecule has 10 heteroatoms. The number of aromatic nitrogens is 4. The summed E-state index contributed by atoms with van der Waals surface area (Å²) in [6, 6.07) is -0.337. The Morgan fingerprint density at radius 3 is 2.88 bits per heavy atom. The Balaban J connectivity index is 1.71. The molecular weight excluding hydrogens is 334 g/mol. The lowest BCUT2D eigenvalue weighted by Gasteiger charge is -2.22. The highest BCUT2D eigenvalue weighted by molar-refractivity contribution is 7.88. The van der Waals surface area contributed by atoms with Crippen molar-refractivity contribution in [2.45, 2.75) is 38.0 Å².